The highest BCUT2D eigenvalue weighted by Crippen LogP contribution is 2.36. The summed E-state index contributed by atoms with van der Waals surface area (Å²) in [5, 5.41) is 9.64. The van der Waals surface area contributed by atoms with Gasteiger partial charge in [0.05, 0.1) is 11.5 Å². The van der Waals surface area contributed by atoms with E-state index in [-0.39, 0.29) is 0 Å². The molecule has 0 saturated carbocycles. The van der Waals surface area contributed by atoms with Crippen LogP contribution < -0.4 is 0 Å². The number of rotatable bonds is 2. The van der Waals surface area contributed by atoms with Gasteiger partial charge in [-0.05, 0) is 48.4 Å². The molecule has 0 bridgehead atoms. The Morgan fingerprint density at radius 2 is 1.90 bits per heavy atom. The van der Waals surface area contributed by atoms with E-state index in [4.69, 9.17) is 4.74 Å². The summed E-state index contributed by atoms with van der Waals surface area (Å²) in [6.07, 6.45) is 2.57. The number of nitrogens with zero attached hydrogens (tertiary/aromatic N) is 4. The predicted octanol–water partition coefficient (Wildman–Crippen LogP) is 4.05. The highest BCUT2D eigenvalue weighted by molar-refractivity contribution is 7.15. The van der Waals surface area contributed by atoms with E-state index in [0.717, 1.165) is 33.6 Å². The van der Waals surface area contributed by atoms with E-state index >= 15 is 0 Å². The Labute approximate surface area is 173 Å². The third-order valence-corrected chi connectivity index (χ3v) is 6.04. The van der Waals surface area contributed by atoms with Crippen LogP contribution in [-0.4, -0.2) is 19.7 Å². The highest BCUT2D eigenvalue weighted by atomic mass is 32.1. The van der Waals surface area contributed by atoms with Crippen LogP contribution in [0, 0.1) is 18.8 Å². The second kappa shape index (κ2) is 7.63. The number of hydrogen-bond acceptors (Lipinski definition) is 5. The molecule has 0 unspecified atom stereocenters. The number of aryl methyl sites for hydroxylation is 1. The van der Waals surface area contributed by atoms with E-state index in [0.29, 0.717) is 13.2 Å². The molecule has 1 aliphatic rings. The second-order valence-corrected chi connectivity index (χ2v) is 7.81. The van der Waals surface area contributed by atoms with Crippen LogP contribution in [0.4, 0.5) is 0 Å². The Kier molecular flexibility index (Phi) is 4.68. The third-order valence-electron chi connectivity index (χ3n) is 4.86. The van der Waals surface area contributed by atoms with Gasteiger partial charge in [-0.1, -0.05) is 36.4 Å². The maximum atomic E-state index is 5.94. The van der Waals surface area contributed by atoms with Crippen molar-refractivity contribution in [3.63, 3.8) is 0 Å². The Morgan fingerprint density at radius 3 is 2.72 bits per heavy atom. The molecule has 1 aliphatic heterocycles. The van der Waals surface area contributed by atoms with Crippen molar-refractivity contribution < 1.29 is 4.74 Å². The van der Waals surface area contributed by atoms with E-state index in [1.54, 1.807) is 17.5 Å². The van der Waals surface area contributed by atoms with E-state index in [1.165, 1.54) is 16.7 Å². The van der Waals surface area contributed by atoms with Crippen LogP contribution in [0.25, 0.3) is 5.00 Å². The minimum atomic E-state index is 0.460. The van der Waals surface area contributed by atoms with Crippen molar-refractivity contribution in [1.82, 2.24) is 19.7 Å². The number of aromatic nitrogens is 4. The Hall–Kier alpha value is -3.27. The molecule has 0 aliphatic carbocycles. The van der Waals surface area contributed by atoms with Crippen molar-refractivity contribution in [1.29, 1.82) is 0 Å². The monoisotopic (exact) mass is 398 g/mol. The lowest BCUT2D eigenvalue weighted by Crippen LogP contribution is -2.00. The summed E-state index contributed by atoms with van der Waals surface area (Å²) in [6, 6.07) is 16.2. The maximum absolute atomic E-state index is 5.94. The summed E-state index contributed by atoms with van der Waals surface area (Å²) in [4.78, 5) is 5.36. The van der Waals surface area contributed by atoms with Crippen molar-refractivity contribution >= 4 is 11.3 Å². The molecule has 6 heteroatoms. The van der Waals surface area contributed by atoms with Crippen molar-refractivity contribution in [3.05, 3.63) is 93.6 Å². The van der Waals surface area contributed by atoms with Crippen LogP contribution >= 0.6 is 11.3 Å². The first-order valence-corrected chi connectivity index (χ1v) is 10.2. The standard InChI is InChI=1S/C23H18N4OS/c1-16-25-26-22-15-28-14-20-19(13-17-7-3-2-4-8-17)21(29-23(20)27(16)22)11-10-18-9-5-6-12-24-18/h2-9,12H,13-15H2,1H3. The SMILES string of the molecule is Cc1nnc2n1-c1sc(C#Cc3ccccn3)c(Cc3ccccc3)c1COC2. The normalized spacial score (nSPS) is 12.4. The number of fused-ring (bicyclic) bond motifs is 3. The van der Waals surface area contributed by atoms with Crippen LogP contribution in [-0.2, 0) is 24.4 Å². The maximum Gasteiger partial charge on any atom is 0.164 e. The molecule has 4 aromatic rings. The van der Waals surface area contributed by atoms with Gasteiger partial charge in [0.1, 0.15) is 23.1 Å². The number of ether oxygens (including phenoxy) is 1. The number of benzene rings is 1. The first-order chi connectivity index (χ1) is 14.3. The van der Waals surface area contributed by atoms with Gasteiger partial charge in [0.25, 0.3) is 0 Å². The van der Waals surface area contributed by atoms with Gasteiger partial charge in [0.2, 0.25) is 0 Å². The molecule has 5 nitrogen and oxygen atoms in total. The zero-order valence-corrected chi connectivity index (χ0v) is 16.7. The van der Waals surface area contributed by atoms with Crippen molar-refractivity contribution in [2.24, 2.45) is 0 Å². The Balaban J connectivity index is 1.67. The molecular weight excluding hydrogens is 380 g/mol. The molecule has 29 heavy (non-hydrogen) atoms. The summed E-state index contributed by atoms with van der Waals surface area (Å²) in [6.45, 7) is 2.98. The van der Waals surface area contributed by atoms with Crippen LogP contribution in [0.15, 0.2) is 54.7 Å². The first kappa shape index (κ1) is 17.8. The molecule has 0 amide bonds. The number of hydrogen-bond donors (Lipinski definition) is 0. The smallest absolute Gasteiger partial charge is 0.164 e. The molecule has 5 rings (SSSR count). The van der Waals surface area contributed by atoms with Gasteiger partial charge in [0.15, 0.2) is 5.82 Å². The van der Waals surface area contributed by atoms with Crippen LogP contribution in [0.5, 0.6) is 0 Å². The first-order valence-electron chi connectivity index (χ1n) is 9.40. The van der Waals surface area contributed by atoms with Gasteiger partial charge in [-0.15, -0.1) is 21.5 Å². The molecule has 0 radical (unpaired) electrons. The summed E-state index contributed by atoms with van der Waals surface area (Å²) >= 11 is 1.68. The van der Waals surface area contributed by atoms with E-state index in [9.17, 15) is 0 Å². The van der Waals surface area contributed by atoms with Crippen LogP contribution in [0.3, 0.4) is 0 Å². The largest absolute Gasteiger partial charge is 0.369 e. The Morgan fingerprint density at radius 1 is 1.03 bits per heavy atom. The summed E-state index contributed by atoms with van der Waals surface area (Å²) in [5.41, 5.74) is 4.39. The van der Waals surface area contributed by atoms with Crippen molar-refractivity contribution in [2.75, 3.05) is 0 Å². The predicted molar refractivity (Wildman–Crippen MR) is 112 cm³/mol. The topological polar surface area (TPSA) is 52.8 Å². The van der Waals surface area contributed by atoms with Gasteiger partial charge in [-0.2, -0.15) is 0 Å². The van der Waals surface area contributed by atoms with E-state index < -0.39 is 0 Å². The number of thiophene rings is 1. The average molecular weight is 398 g/mol. The van der Waals surface area contributed by atoms with Gasteiger partial charge in [-0.25, -0.2) is 4.98 Å². The minimum absolute atomic E-state index is 0.460. The lowest BCUT2D eigenvalue weighted by molar-refractivity contribution is 0.104. The van der Waals surface area contributed by atoms with Gasteiger partial charge in [-0.3, -0.25) is 4.57 Å². The average Bonchev–Trinajstić information content (AvgIpc) is 3.22. The lowest BCUT2D eigenvalue weighted by atomic mass is 10.0. The summed E-state index contributed by atoms with van der Waals surface area (Å²) < 4.78 is 8.04. The Bertz CT molecular complexity index is 1220. The van der Waals surface area contributed by atoms with Crippen molar-refractivity contribution in [2.45, 2.75) is 26.6 Å². The van der Waals surface area contributed by atoms with E-state index in [2.05, 4.69) is 55.9 Å². The minimum Gasteiger partial charge on any atom is -0.369 e. The van der Waals surface area contributed by atoms with Gasteiger partial charge in [0, 0.05) is 11.8 Å². The zero-order valence-electron chi connectivity index (χ0n) is 15.9. The molecule has 1 aromatic carbocycles. The van der Waals surface area contributed by atoms with Crippen molar-refractivity contribution in [3.8, 4) is 16.8 Å². The number of pyridine rings is 1. The molecule has 0 saturated heterocycles. The fourth-order valence-corrected chi connectivity index (χ4v) is 4.72. The second-order valence-electron chi connectivity index (χ2n) is 6.81. The highest BCUT2D eigenvalue weighted by Gasteiger charge is 2.25. The summed E-state index contributed by atoms with van der Waals surface area (Å²) in [5.74, 6) is 8.27. The van der Waals surface area contributed by atoms with Crippen LogP contribution in [0.2, 0.25) is 0 Å². The molecule has 0 atom stereocenters. The molecule has 142 valence electrons. The lowest BCUT2D eigenvalue weighted by Gasteiger charge is -2.06. The van der Waals surface area contributed by atoms with E-state index in [1.807, 2.05) is 31.2 Å². The van der Waals surface area contributed by atoms with Gasteiger partial charge < -0.3 is 4.74 Å². The molecule has 3 aromatic heterocycles. The third kappa shape index (κ3) is 3.46. The molecule has 0 spiro atoms. The summed E-state index contributed by atoms with van der Waals surface area (Å²) in [7, 11) is 0. The molecule has 4 heterocycles. The van der Waals surface area contributed by atoms with Gasteiger partial charge >= 0.3 is 0 Å². The fourth-order valence-electron chi connectivity index (χ4n) is 3.47. The fraction of sp³-hybridized carbons (Fsp3) is 0.174. The molecular formula is C23H18N4OS. The zero-order chi connectivity index (χ0) is 19.6. The molecule has 0 fully saturated rings. The quantitative estimate of drug-likeness (QED) is 0.478. The molecule has 0 N–H and O–H groups in total. The van der Waals surface area contributed by atoms with Crippen LogP contribution in [0.1, 0.15) is 38.9 Å².